The molecule has 0 fully saturated rings. The Balaban J connectivity index is 2.66. The van der Waals surface area contributed by atoms with Crippen molar-refractivity contribution < 1.29 is 9.69 Å². The van der Waals surface area contributed by atoms with Gasteiger partial charge in [0.05, 0.1) is 7.05 Å². The average Bonchev–Trinajstić information content (AvgIpc) is 2.16. The smallest absolute Gasteiger partial charge is 0.275 e. The summed E-state index contributed by atoms with van der Waals surface area (Å²) in [6, 6.07) is 7.43. The minimum atomic E-state index is -0.283. The van der Waals surface area contributed by atoms with Crippen LogP contribution in [0.2, 0.25) is 5.02 Å². The molecule has 3 nitrogen and oxygen atoms in total. The molecule has 0 aliphatic heterocycles. The number of carbonyl (C=O) groups is 1. The Kier molecular flexibility index (Phi) is 4.12. The van der Waals surface area contributed by atoms with Crippen molar-refractivity contribution in [2.75, 3.05) is 7.05 Å². The van der Waals surface area contributed by atoms with Crippen molar-refractivity contribution in [1.82, 2.24) is 0 Å². The number of primary amides is 1. The topological polar surface area (TPSA) is 47.5 Å². The van der Waals surface area contributed by atoms with Crippen LogP contribution in [0.4, 0.5) is 0 Å². The monoisotopic (exact) mass is 227 g/mol. The van der Waals surface area contributed by atoms with E-state index in [2.05, 4.69) is 0 Å². The van der Waals surface area contributed by atoms with Gasteiger partial charge in [-0.25, -0.2) is 0 Å². The third kappa shape index (κ3) is 3.53. The van der Waals surface area contributed by atoms with Gasteiger partial charge in [-0.2, -0.15) is 0 Å². The second-order valence-electron chi connectivity index (χ2n) is 3.78. The van der Waals surface area contributed by atoms with Gasteiger partial charge in [0.1, 0.15) is 6.54 Å². The molecule has 1 aromatic rings. The molecule has 4 heteroatoms. The van der Waals surface area contributed by atoms with Crippen LogP contribution < -0.4 is 10.6 Å². The first kappa shape index (κ1) is 12.0. The Bertz CT molecular complexity index is 354. The van der Waals surface area contributed by atoms with E-state index >= 15 is 0 Å². The molecule has 1 unspecified atom stereocenters. The number of quaternary nitrogens is 1. The highest BCUT2D eigenvalue weighted by atomic mass is 35.5. The molecule has 2 atom stereocenters. The Morgan fingerprint density at radius 2 is 2.27 bits per heavy atom. The van der Waals surface area contributed by atoms with Crippen molar-refractivity contribution in [3.63, 3.8) is 0 Å². The zero-order valence-electron chi connectivity index (χ0n) is 8.96. The SMILES string of the molecule is C[C@H](C(N)=O)[NH+](C)Cc1cccc(Cl)c1. The highest BCUT2D eigenvalue weighted by Crippen LogP contribution is 2.09. The number of nitrogens with two attached hydrogens (primary N) is 1. The van der Waals surface area contributed by atoms with Crippen LogP contribution in [-0.4, -0.2) is 19.0 Å². The number of carbonyl (C=O) groups excluding carboxylic acids is 1. The second kappa shape index (κ2) is 5.14. The van der Waals surface area contributed by atoms with Gasteiger partial charge in [0.15, 0.2) is 6.04 Å². The van der Waals surface area contributed by atoms with Gasteiger partial charge in [-0.05, 0) is 19.1 Å². The summed E-state index contributed by atoms with van der Waals surface area (Å²) in [5.74, 6) is -0.283. The summed E-state index contributed by atoms with van der Waals surface area (Å²) in [6.45, 7) is 2.56. The molecular formula is C11H16ClN2O+. The minimum absolute atomic E-state index is 0.191. The largest absolute Gasteiger partial charge is 0.365 e. The highest BCUT2D eigenvalue weighted by molar-refractivity contribution is 6.30. The maximum absolute atomic E-state index is 11.0. The van der Waals surface area contributed by atoms with Crippen LogP contribution in [0.15, 0.2) is 24.3 Å². The maximum atomic E-state index is 11.0. The Morgan fingerprint density at radius 3 is 2.80 bits per heavy atom. The van der Waals surface area contributed by atoms with Crippen molar-refractivity contribution in [3.8, 4) is 0 Å². The van der Waals surface area contributed by atoms with Crippen LogP contribution in [0.3, 0.4) is 0 Å². The van der Waals surface area contributed by atoms with E-state index < -0.39 is 0 Å². The molecular weight excluding hydrogens is 212 g/mol. The maximum Gasteiger partial charge on any atom is 0.275 e. The molecule has 3 N–H and O–H groups in total. The average molecular weight is 228 g/mol. The molecule has 0 radical (unpaired) electrons. The predicted molar refractivity (Wildman–Crippen MR) is 60.7 cm³/mol. The zero-order chi connectivity index (χ0) is 11.4. The van der Waals surface area contributed by atoms with Crippen LogP contribution in [0, 0.1) is 0 Å². The molecule has 0 bridgehead atoms. The third-order valence-electron chi connectivity index (χ3n) is 2.54. The summed E-state index contributed by atoms with van der Waals surface area (Å²) in [5, 5.41) is 0.715. The first-order valence-electron chi connectivity index (χ1n) is 4.86. The summed E-state index contributed by atoms with van der Waals surface area (Å²) in [7, 11) is 1.94. The first-order valence-corrected chi connectivity index (χ1v) is 5.24. The molecule has 1 rings (SSSR count). The number of amides is 1. The lowest BCUT2D eigenvalue weighted by Crippen LogP contribution is -3.12. The van der Waals surface area contributed by atoms with Crippen molar-refractivity contribution in [1.29, 1.82) is 0 Å². The minimum Gasteiger partial charge on any atom is -0.365 e. The van der Waals surface area contributed by atoms with Crippen molar-refractivity contribution in [3.05, 3.63) is 34.9 Å². The predicted octanol–water partition coefficient (Wildman–Crippen LogP) is 0.229. The number of nitrogens with one attached hydrogen (secondary N) is 1. The normalized spacial score (nSPS) is 14.6. The number of rotatable bonds is 4. The molecule has 1 amide bonds. The molecule has 0 saturated carbocycles. The number of halogens is 1. The Morgan fingerprint density at radius 1 is 1.60 bits per heavy atom. The van der Waals surface area contributed by atoms with Gasteiger partial charge in [0.2, 0.25) is 0 Å². The van der Waals surface area contributed by atoms with Gasteiger partial charge in [-0.15, -0.1) is 0 Å². The standard InChI is InChI=1S/C11H15ClN2O/c1-8(11(13)15)14(2)7-9-4-3-5-10(12)6-9/h3-6,8H,7H2,1-2H3,(H2,13,15)/p+1/t8-/m1/s1. The fourth-order valence-corrected chi connectivity index (χ4v) is 1.58. The van der Waals surface area contributed by atoms with Gasteiger partial charge in [-0.1, -0.05) is 23.7 Å². The molecule has 0 saturated heterocycles. The van der Waals surface area contributed by atoms with E-state index in [1.807, 2.05) is 38.2 Å². The van der Waals surface area contributed by atoms with E-state index in [4.69, 9.17) is 17.3 Å². The van der Waals surface area contributed by atoms with Crippen LogP contribution in [0.5, 0.6) is 0 Å². The molecule has 0 heterocycles. The van der Waals surface area contributed by atoms with Gasteiger partial charge >= 0.3 is 0 Å². The van der Waals surface area contributed by atoms with Crippen LogP contribution >= 0.6 is 11.6 Å². The molecule has 1 aromatic carbocycles. The first-order chi connectivity index (χ1) is 7.00. The number of hydrogen-bond acceptors (Lipinski definition) is 1. The molecule has 0 aliphatic rings. The van der Waals surface area contributed by atoms with E-state index in [1.165, 1.54) is 0 Å². The zero-order valence-corrected chi connectivity index (χ0v) is 9.71. The van der Waals surface area contributed by atoms with Gasteiger partial charge in [0, 0.05) is 10.6 Å². The fourth-order valence-electron chi connectivity index (χ4n) is 1.36. The molecule has 0 spiro atoms. The summed E-state index contributed by atoms with van der Waals surface area (Å²) >= 11 is 5.87. The van der Waals surface area contributed by atoms with E-state index in [9.17, 15) is 4.79 Å². The van der Waals surface area contributed by atoms with Gasteiger partial charge in [0.25, 0.3) is 5.91 Å². The van der Waals surface area contributed by atoms with E-state index in [0.717, 1.165) is 17.0 Å². The van der Waals surface area contributed by atoms with Crippen LogP contribution in [0.1, 0.15) is 12.5 Å². The lowest BCUT2D eigenvalue weighted by atomic mass is 10.2. The third-order valence-corrected chi connectivity index (χ3v) is 2.77. The Hall–Kier alpha value is -1.06. The van der Waals surface area contributed by atoms with Crippen molar-refractivity contribution in [2.24, 2.45) is 5.73 Å². The van der Waals surface area contributed by atoms with Crippen molar-refractivity contribution >= 4 is 17.5 Å². The van der Waals surface area contributed by atoms with Gasteiger partial charge < -0.3 is 10.6 Å². The Labute approximate surface area is 94.8 Å². The van der Waals surface area contributed by atoms with E-state index in [0.29, 0.717) is 5.02 Å². The van der Waals surface area contributed by atoms with E-state index in [1.54, 1.807) is 0 Å². The number of hydrogen-bond donors (Lipinski definition) is 2. The van der Waals surface area contributed by atoms with Crippen molar-refractivity contribution in [2.45, 2.75) is 19.5 Å². The molecule has 0 aliphatic carbocycles. The van der Waals surface area contributed by atoms with E-state index in [-0.39, 0.29) is 11.9 Å². The molecule has 0 aromatic heterocycles. The molecule has 15 heavy (non-hydrogen) atoms. The van der Waals surface area contributed by atoms with Gasteiger partial charge in [-0.3, -0.25) is 4.79 Å². The summed E-state index contributed by atoms with van der Waals surface area (Å²) in [4.78, 5) is 12.0. The van der Waals surface area contributed by atoms with Crippen LogP contribution in [-0.2, 0) is 11.3 Å². The lowest BCUT2D eigenvalue weighted by Gasteiger charge is -2.18. The van der Waals surface area contributed by atoms with Crippen LogP contribution in [0.25, 0.3) is 0 Å². The summed E-state index contributed by atoms with van der Waals surface area (Å²) < 4.78 is 0. The molecule has 82 valence electrons. The quantitative estimate of drug-likeness (QED) is 0.760. The highest BCUT2D eigenvalue weighted by Gasteiger charge is 2.18. The summed E-state index contributed by atoms with van der Waals surface area (Å²) in [6.07, 6.45) is 0. The fraction of sp³-hybridized carbons (Fsp3) is 0.364. The number of likely N-dealkylation sites (N-methyl/N-ethyl adjacent to an activating group) is 1. The second-order valence-corrected chi connectivity index (χ2v) is 4.21. The summed E-state index contributed by atoms with van der Waals surface area (Å²) in [5.41, 5.74) is 6.34. The number of benzene rings is 1. The lowest BCUT2D eigenvalue weighted by molar-refractivity contribution is -0.908.